The van der Waals surface area contributed by atoms with Gasteiger partial charge in [-0.05, 0) is 55.0 Å². The number of aliphatic hydroxyl groups excluding tert-OH is 1. The number of nitrogens with one attached hydrogen (secondary N) is 1. The van der Waals surface area contributed by atoms with Crippen LogP contribution in [0.25, 0.3) is 10.2 Å². The lowest BCUT2D eigenvalue weighted by atomic mass is 10.0. The number of hydrogen-bond acceptors (Lipinski definition) is 8. The maximum Gasteiger partial charge on any atom is 0.260 e. The van der Waals surface area contributed by atoms with E-state index in [1.807, 2.05) is 12.1 Å². The Balaban J connectivity index is 1.34. The van der Waals surface area contributed by atoms with E-state index in [0.717, 1.165) is 65.9 Å². The molecule has 192 valence electrons. The zero-order chi connectivity index (χ0) is 25.8. The van der Waals surface area contributed by atoms with E-state index in [1.54, 1.807) is 12.1 Å². The number of primary amides is 2. The number of aryl methyl sites for hydroxylation is 1. The first kappa shape index (κ1) is 25.9. The standard InChI is InChI=1S/C26H34N6O3S/c1-2-3-17-13-20(31-26-21(17)22(27)23(36-26)25(29)35)32-10-8-18(9-11-32)30-14-19(33)12-15-4-6-16(7-5-15)24(28)34/h4-7,13,18-19,30,33H,2-3,8-12,14,27H2,1H3,(H2,28,34)(H2,29,35). The van der Waals surface area contributed by atoms with Gasteiger partial charge in [-0.25, -0.2) is 4.98 Å². The maximum atomic E-state index is 11.8. The smallest absolute Gasteiger partial charge is 0.260 e. The summed E-state index contributed by atoms with van der Waals surface area (Å²) in [5.74, 6) is -0.0703. The van der Waals surface area contributed by atoms with Gasteiger partial charge in [-0.2, -0.15) is 0 Å². The Hall–Kier alpha value is -3.21. The van der Waals surface area contributed by atoms with Crippen LogP contribution in [0.2, 0.25) is 0 Å². The first-order chi connectivity index (χ1) is 17.3. The number of benzene rings is 1. The van der Waals surface area contributed by atoms with Gasteiger partial charge in [0.05, 0.1) is 11.8 Å². The number of nitrogens with zero attached hydrogens (tertiary/aromatic N) is 2. The van der Waals surface area contributed by atoms with E-state index in [9.17, 15) is 14.7 Å². The van der Waals surface area contributed by atoms with Crippen LogP contribution in [-0.2, 0) is 12.8 Å². The molecule has 1 aromatic carbocycles. The number of aromatic nitrogens is 1. The summed E-state index contributed by atoms with van der Waals surface area (Å²) in [6.07, 6.45) is 3.66. The molecule has 2 aromatic heterocycles. The Kier molecular flexibility index (Phi) is 8.07. The fourth-order valence-corrected chi connectivity index (χ4v) is 5.75. The van der Waals surface area contributed by atoms with Gasteiger partial charge in [0.15, 0.2) is 0 Å². The minimum atomic E-state index is -0.521. The lowest BCUT2D eigenvalue weighted by molar-refractivity contribution is 0.0993. The minimum Gasteiger partial charge on any atom is -0.397 e. The first-order valence-corrected chi connectivity index (χ1v) is 13.1. The highest BCUT2D eigenvalue weighted by Crippen LogP contribution is 2.37. The molecule has 4 rings (SSSR count). The second kappa shape index (κ2) is 11.2. The van der Waals surface area contributed by atoms with Gasteiger partial charge in [0, 0.05) is 36.6 Å². The largest absolute Gasteiger partial charge is 0.397 e. The lowest BCUT2D eigenvalue weighted by Crippen LogP contribution is -2.45. The number of piperidine rings is 1. The van der Waals surface area contributed by atoms with Crippen LogP contribution in [0.4, 0.5) is 11.5 Å². The molecule has 36 heavy (non-hydrogen) atoms. The molecule has 1 fully saturated rings. The quantitative estimate of drug-likeness (QED) is 0.279. The third-order valence-corrected chi connectivity index (χ3v) is 7.80. The van der Waals surface area contributed by atoms with Crippen LogP contribution in [0.1, 0.15) is 57.3 Å². The number of hydrogen-bond donors (Lipinski definition) is 5. The SMILES string of the molecule is CCCc1cc(N2CCC(NCC(O)Cc3ccc(C(N)=O)cc3)CC2)nc2sc(C(N)=O)c(N)c12. The summed E-state index contributed by atoms with van der Waals surface area (Å²) in [6.45, 7) is 4.30. The van der Waals surface area contributed by atoms with Crippen molar-refractivity contribution in [2.24, 2.45) is 11.5 Å². The molecule has 0 radical (unpaired) electrons. The molecule has 3 aromatic rings. The number of anilines is 2. The number of thiophene rings is 1. The molecule has 1 unspecified atom stereocenters. The van der Waals surface area contributed by atoms with Gasteiger partial charge in [-0.15, -0.1) is 11.3 Å². The van der Waals surface area contributed by atoms with E-state index in [0.29, 0.717) is 35.1 Å². The molecule has 2 amide bonds. The van der Waals surface area contributed by atoms with Gasteiger partial charge in [0.25, 0.3) is 5.91 Å². The molecular weight excluding hydrogens is 476 g/mol. The molecule has 0 spiro atoms. The van der Waals surface area contributed by atoms with E-state index < -0.39 is 17.9 Å². The predicted molar refractivity (Wildman–Crippen MR) is 144 cm³/mol. The van der Waals surface area contributed by atoms with Crippen LogP contribution < -0.4 is 27.4 Å². The van der Waals surface area contributed by atoms with Crippen LogP contribution in [-0.4, -0.2) is 53.7 Å². The fraction of sp³-hybridized carbons (Fsp3) is 0.423. The van der Waals surface area contributed by atoms with Crippen molar-refractivity contribution in [3.05, 3.63) is 51.9 Å². The Morgan fingerprint density at radius 1 is 1.19 bits per heavy atom. The number of fused-ring (bicyclic) bond motifs is 1. The molecule has 8 N–H and O–H groups in total. The number of carbonyl (C=O) groups excluding carboxylic acids is 2. The van der Waals surface area contributed by atoms with Crippen molar-refractivity contribution >= 4 is 44.9 Å². The van der Waals surface area contributed by atoms with Gasteiger partial charge in [-0.3, -0.25) is 9.59 Å². The van der Waals surface area contributed by atoms with Crippen molar-refractivity contribution in [2.75, 3.05) is 30.3 Å². The average Bonchev–Trinajstić information content (AvgIpc) is 3.20. The molecule has 1 aliphatic rings. The molecule has 1 saturated heterocycles. The zero-order valence-electron chi connectivity index (χ0n) is 20.5. The van der Waals surface area contributed by atoms with Crippen molar-refractivity contribution in [2.45, 2.75) is 51.2 Å². The molecule has 3 heterocycles. The number of amides is 2. The van der Waals surface area contributed by atoms with Gasteiger partial charge in [-0.1, -0.05) is 25.5 Å². The third-order valence-electron chi connectivity index (χ3n) is 6.68. The Morgan fingerprint density at radius 2 is 1.89 bits per heavy atom. The van der Waals surface area contributed by atoms with E-state index in [-0.39, 0.29) is 0 Å². The molecule has 1 atom stereocenters. The van der Waals surface area contributed by atoms with Crippen molar-refractivity contribution in [3.63, 3.8) is 0 Å². The number of carbonyl (C=O) groups is 2. The lowest BCUT2D eigenvalue weighted by Gasteiger charge is -2.34. The number of nitrogens with two attached hydrogens (primary N) is 3. The van der Waals surface area contributed by atoms with Crippen LogP contribution >= 0.6 is 11.3 Å². The van der Waals surface area contributed by atoms with E-state index in [2.05, 4.69) is 23.2 Å². The Morgan fingerprint density at radius 3 is 2.50 bits per heavy atom. The summed E-state index contributed by atoms with van der Waals surface area (Å²) in [7, 11) is 0. The summed E-state index contributed by atoms with van der Waals surface area (Å²) in [5.41, 5.74) is 20.0. The second-order valence-corrected chi connectivity index (χ2v) is 10.4. The van der Waals surface area contributed by atoms with Crippen LogP contribution in [0.3, 0.4) is 0 Å². The summed E-state index contributed by atoms with van der Waals surface area (Å²) in [6, 6.07) is 9.43. The van der Waals surface area contributed by atoms with Crippen molar-refractivity contribution < 1.29 is 14.7 Å². The van der Waals surface area contributed by atoms with E-state index in [1.165, 1.54) is 11.3 Å². The second-order valence-electron chi connectivity index (χ2n) is 9.37. The van der Waals surface area contributed by atoms with Crippen molar-refractivity contribution in [1.29, 1.82) is 0 Å². The summed E-state index contributed by atoms with van der Waals surface area (Å²) in [5, 5.41) is 14.8. The highest BCUT2D eigenvalue weighted by Gasteiger charge is 2.24. The Bertz CT molecular complexity index is 1230. The minimum absolute atomic E-state index is 0.311. The summed E-state index contributed by atoms with van der Waals surface area (Å²) in [4.78, 5) is 31.2. The molecule has 9 nitrogen and oxygen atoms in total. The molecule has 0 aliphatic carbocycles. The Labute approximate surface area is 214 Å². The molecule has 10 heteroatoms. The van der Waals surface area contributed by atoms with Gasteiger partial charge >= 0.3 is 0 Å². The summed E-state index contributed by atoms with van der Waals surface area (Å²) >= 11 is 1.26. The van der Waals surface area contributed by atoms with E-state index in [4.69, 9.17) is 22.2 Å². The highest BCUT2D eigenvalue weighted by atomic mass is 32.1. The molecule has 0 saturated carbocycles. The predicted octanol–water partition coefficient (Wildman–Crippen LogP) is 2.19. The van der Waals surface area contributed by atoms with Crippen LogP contribution in [0, 0.1) is 0 Å². The monoisotopic (exact) mass is 510 g/mol. The molecule has 1 aliphatic heterocycles. The molecule has 0 bridgehead atoms. The topological polar surface area (TPSA) is 161 Å². The van der Waals surface area contributed by atoms with Gasteiger partial charge in [0.1, 0.15) is 15.5 Å². The van der Waals surface area contributed by atoms with Crippen LogP contribution in [0.15, 0.2) is 30.3 Å². The fourth-order valence-electron chi connectivity index (χ4n) is 4.76. The number of aliphatic hydroxyl groups is 1. The number of nitrogen functional groups attached to an aromatic ring is 1. The average molecular weight is 511 g/mol. The van der Waals surface area contributed by atoms with Crippen molar-refractivity contribution in [3.8, 4) is 0 Å². The first-order valence-electron chi connectivity index (χ1n) is 12.3. The van der Waals surface area contributed by atoms with Gasteiger partial charge in [0.2, 0.25) is 5.91 Å². The summed E-state index contributed by atoms with van der Waals surface area (Å²) < 4.78 is 0. The normalized spacial score (nSPS) is 15.3. The van der Waals surface area contributed by atoms with E-state index >= 15 is 0 Å². The number of rotatable bonds is 10. The third kappa shape index (κ3) is 5.77. The van der Waals surface area contributed by atoms with Gasteiger partial charge < -0.3 is 32.5 Å². The van der Waals surface area contributed by atoms with Crippen molar-refractivity contribution in [1.82, 2.24) is 10.3 Å². The zero-order valence-corrected chi connectivity index (χ0v) is 21.3. The highest BCUT2D eigenvalue weighted by molar-refractivity contribution is 7.21. The van der Waals surface area contributed by atoms with Crippen LogP contribution in [0.5, 0.6) is 0 Å². The molecular formula is C26H34N6O3S. The maximum absolute atomic E-state index is 11.8. The number of pyridine rings is 1.